The molecule has 10 heteroatoms. The zero-order valence-corrected chi connectivity index (χ0v) is 11.7. The molecule has 0 aliphatic rings. The van der Waals surface area contributed by atoms with E-state index in [9.17, 15) is 17.4 Å². The number of alkyl halides is 3. The number of hydrogen-bond donors (Lipinski definition) is 1. The van der Waals surface area contributed by atoms with E-state index in [1.54, 1.807) is 0 Å². The maximum atomic E-state index is 12.4. The molecule has 0 bridgehead atoms. The van der Waals surface area contributed by atoms with Gasteiger partial charge < -0.3 is 20.2 Å². The first kappa shape index (κ1) is 24.3. The first-order valence-corrected chi connectivity index (χ1v) is 6.53. The SMILES string of the molecule is O.O.O=S(O)c1ccc(Oc2ccc(C(F)(F)F)cc2)cc1.[NaH]. The molecule has 124 valence electrons. The molecule has 0 saturated heterocycles. The van der Waals surface area contributed by atoms with Crippen molar-refractivity contribution in [1.82, 2.24) is 0 Å². The predicted molar refractivity (Wildman–Crippen MR) is 81.4 cm³/mol. The van der Waals surface area contributed by atoms with Gasteiger partial charge in [0.15, 0.2) is 11.1 Å². The van der Waals surface area contributed by atoms with E-state index >= 15 is 0 Å². The molecule has 23 heavy (non-hydrogen) atoms. The fraction of sp³-hybridized carbons (Fsp3) is 0.0769. The van der Waals surface area contributed by atoms with Gasteiger partial charge in [0, 0.05) is 0 Å². The first-order valence-electron chi connectivity index (χ1n) is 5.42. The Bertz CT molecular complexity index is 617. The number of benzene rings is 2. The molecule has 0 fully saturated rings. The molecule has 0 aliphatic heterocycles. The number of ether oxygens (including phenoxy) is 1. The molecular formula is C13H14F3NaO5S. The standard InChI is InChI=1S/C13H9F3O3S.Na.2H2O.H/c14-13(15,16)9-1-3-10(4-2-9)19-11-5-7-12(8-6-11)20(17)18;;;;/h1-8H,(H,17,18);;2*1H2;. The molecule has 1 unspecified atom stereocenters. The van der Waals surface area contributed by atoms with Crippen molar-refractivity contribution in [3.05, 3.63) is 54.1 Å². The van der Waals surface area contributed by atoms with E-state index in [2.05, 4.69) is 0 Å². The van der Waals surface area contributed by atoms with Crippen LogP contribution in [0.5, 0.6) is 11.5 Å². The Morgan fingerprint density at radius 3 is 1.61 bits per heavy atom. The minimum absolute atomic E-state index is 0. The van der Waals surface area contributed by atoms with Crippen LogP contribution >= 0.6 is 0 Å². The summed E-state index contributed by atoms with van der Waals surface area (Å²) in [6.45, 7) is 0. The third-order valence-corrected chi connectivity index (χ3v) is 3.12. The normalized spacial score (nSPS) is 11.3. The van der Waals surface area contributed by atoms with Crippen molar-refractivity contribution < 1.29 is 37.6 Å². The molecule has 0 saturated carbocycles. The molecule has 0 spiro atoms. The summed E-state index contributed by atoms with van der Waals surface area (Å²) < 4.78 is 62.1. The molecule has 0 heterocycles. The second-order valence-electron chi connectivity index (χ2n) is 3.84. The molecule has 0 aromatic heterocycles. The van der Waals surface area contributed by atoms with Crippen molar-refractivity contribution in [2.75, 3.05) is 0 Å². The van der Waals surface area contributed by atoms with Crippen molar-refractivity contribution >= 4 is 40.6 Å². The van der Waals surface area contributed by atoms with Crippen LogP contribution in [-0.2, 0) is 17.3 Å². The van der Waals surface area contributed by atoms with E-state index in [0.29, 0.717) is 5.75 Å². The minimum atomic E-state index is -4.38. The van der Waals surface area contributed by atoms with Crippen LogP contribution in [0.1, 0.15) is 5.56 Å². The van der Waals surface area contributed by atoms with Crippen LogP contribution in [-0.4, -0.2) is 49.3 Å². The van der Waals surface area contributed by atoms with Crippen LogP contribution in [0, 0.1) is 0 Å². The maximum absolute atomic E-state index is 12.4. The summed E-state index contributed by atoms with van der Waals surface area (Å²) >= 11 is -2.08. The summed E-state index contributed by atoms with van der Waals surface area (Å²) in [5.74, 6) is 0.606. The van der Waals surface area contributed by atoms with Gasteiger partial charge >= 0.3 is 35.7 Å². The molecule has 2 aromatic carbocycles. The monoisotopic (exact) mass is 362 g/mol. The Morgan fingerprint density at radius 2 is 1.26 bits per heavy atom. The average Bonchev–Trinajstić information content (AvgIpc) is 2.39. The van der Waals surface area contributed by atoms with Crippen LogP contribution in [0.25, 0.3) is 0 Å². The summed E-state index contributed by atoms with van der Waals surface area (Å²) in [6, 6.07) is 9.98. The van der Waals surface area contributed by atoms with Crippen molar-refractivity contribution in [1.29, 1.82) is 0 Å². The van der Waals surface area contributed by atoms with Crippen LogP contribution < -0.4 is 4.74 Å². The van der Waals surface area contributed by atoms with Gasteiger partial charge in [0.05, 0.1) is 10.5 Å². The van der Waals surface area contributed by atoms with Crippen LogP contribution in [0.15, 0.2) is 53.4 Å². The molecule has 2 rings (SSSR count). The van der Waals surface area contributed by atoms with Crippen molar-refractivity contribution in [3.63, 3.8) is 0 Å². The fourth-order valence-electron chi connectivity index (χ4n) is 1.47. The van der Waals surface area contributed by atoms with E-state index in [4.69, 9.17) is 9.29 Å². The molecule has 2 aromatic rings. The van der Waals surface area contributed by atoms with Gasteiger partial charge in [-0.2, -0.15) is 13.2 Å². The Hall–Kier alpha value is -0.940. The van der Waals surface area contributed by atoms with Crippen molar-refractivity contribution in [3.8, 4) is 11.5 Å². The summed E-state index contributed by atoms with van der Waals surface area (Å²) in [5.41, 5.74) is -0.754. The predicted octanol–water partition coefficient (Wildman–Crippen LogP) is 1.78. The third kappa shape index (κ3) is 7.00. The van der Waals surface area contributed by atoms with Crippen LogP contribution in [0.3, 0.4) is 0 Å². The van der Waals surface area contributed by atoms with Crippen LogP contribution in [0.4, 0.5) is 13.2 Å². The fourth-order valence-corrected chi connectivity index (χ4v) is 1.84. The van der Waals surface area contributed by atoms with Gasteiger partial charge in [-0.1, -0.05) is 0 Å². The molecule has 0 amide bonds. The van der Waals surface area contributed by atoms with E-state index in [0.717, 1.165) is 12.1 Å². The Labute approximate surface area is 154 Å². The van der Waals surface area contributed by atoms with Gasteiger partial charge in [-0.3, -0.25) is 0 Å². The van der Waals surface area contributed by atoms with Crippen molar-refractivity contribution in [2.24, 2.45) is 0 Å². The summed E-state index contributed by atoms with van der Waals surface area (Å²) in [7, 11) is 0. The zero-order chi connectivity index (χ0) is 14.8. The molecule has 1 atom stereocenters. The van der Waals surface area contributed by atoms with E-state index in [1.165, 1.54) is 36.4 Å². The average molecular weight is 362 g/mol. The number of rotatable bonds is 3. The summed E-state index contributed by atoms with van der Waals surface area (Å²) in [4.78, 5) is 0.213. The molecule has 5 nitrogen and oxygen atoms in total. The van der Waals surface area contributed by atoms with Crippen molar-refractivity contribution in [2.45, 2.75) is 11.1 Å². The van der Waals surface area contributed by atoms with Gasteiger partial charge in [-0.25, -0.2) is 4.21 Å². The quantitative estimate of drug-likeness (QED) is 0.664. The van der Waals surface area contributed by atoms with Gasteiger partial charge in [-0.15, -0.1) is 0 Å². The van der Waals surface area contributed by atoms with E-state index in [1.807, 2.05) is 0 Å². The Kier molecular flexibility index (Phi) is 10.6. The summed E-state index contributed by atoms with van der Waals surface area (Å²) in [5, 5.41) is 0. The molecule has 5 N–H and O–H groups in total. The molecular weight excluding hydrogens is 348 g/mol. The Morgan fingerprint density at radius 1 is 0.870 bits per heavy atom. The summed E-state index contributed by atoms with van der Waals surface area (Å²) in [6.07, 6.45) is -4.38. The second kappa shape index (κ2) is 10.0. The molecule has 0 aliphatic carbocycles. The third-order valence-electron chi connectivity index (χ3n) is 2.44. The number of hydrogen-bond acceptors (Lipinski definition) is 2. The second-order valence-corrected chi connectivity index (χ2v) is 4.81. The van der Waals surface area contributed by atoms with E-state index in [-0.39, 0.29) is 51.2 Å². The van der Waals surface area contributed by atoms with Gasteiger partial charge in [0.2, 0.25) is 0 Å². The van der Waals surface area contributed by atoms with E-state index < -0.39 is 22.8 Å². The molecule has 0 radical (unpaired) electrons. The van der Waals surface area contributed by atoms with Gasteiger partial charge in [0.25, 0.3) is 0 Å². The number of halogens is 3. The Balaban J connectivity index is 0. The first-order chi connectivity index (χ1) is 9.36. The zero-order valence-electron chi connectivity index (χ0n) is 10.9. The van der Waals surface area contributed by atoms with Gasteiger partial charge in [0.1, 0.15) is 11.5 Å². The van der Waals surface area contributed by atoms with Crippen LogP contribution in [0.2, 0.25) is 0 Å². The topological polar surface area (TPSA) is 110 Å². The van der Waals surface area contributed by atoms with Gasteiger partial charge in [-0.05, 0) is 48.5 Å².